The molecule has 1 aliphatic carbocycles. The number of likely N-dealkylation sites (N-methyl/N-ethyl adjacent to an activating group) is 1. The minimum absolute atomic E-state index is 0.202. The maximum absolute atomic E-state index is 3.15. The summed E-state index contributed by atoms with van der Waals surface area (Å²) in [5.74, 6) is 0.899. The van der Waals surface area contributed by atoms with Crippen molar-refractivity contribution in [3.05, 3.63) is 71.8 Å². The van der Waals surface area contributed by atoms with Crippen molar-refractivity contribution < 1.29 is 0 Å². The first-order valence-corrected chi connectivity index (χ1v) is 8.84. The van der Waals surface area contributed by atoms with E-state index in [9.17, 15) is 0 Å². The molecule has 0 spiro atoms. The molecule has 1 radical (unpaired) electrons. The van der Waals surface area contributed by atoms with Crippen LogP contribution in [0.5, 0.6) is 0 Å². The van der Waals surface area contributed by atoms with Crippen LogP contribution in [-0.4, -0.2) is 24.5 Å². The Morgan fingerprint density at radius 3 is 2.09 bits per heavy atom. The molecule has 0 aromatic heterocycles. The summed E-state index contributed by atoms with van der Waals surface area (Å²) in [5.41, 5.74) is 3.07. The second-order valence-corrected chi connectivity index (χ2v) is 7.37. The highest BCUT2D eigenvalue weighted by Crippen LogP contribution is 2.38. The molecule has 121 valence electrons. The van der Waals surface area contributed by atoms with Crippen LogP contribution in [0.1, 0.15) is 36.8 Å². The molecule has 0 saturated heterocycles. The van der Waals surface area contributed by atoms with Gasteiger partial charge in [-0.05, 0) is 56.5 Å². The Morgan fingerprint density at radius 1 is 0.957 bits per heavy atom. The normalized spacial score (nSPS) is 15.6. The number of hydrogen-bond acceptors (Lipinski definition) is 1. The van der Waals surface area contributed by atoms with Crippen LogP contribution in [0.15, 0.2) is 54.6 Å². The van der Waals surface area contributed by atoms with Crippen molar-refractivity contribution in [2.75, 3.05) is 14.1 Å². The van der Waals surface area contributed by atoms with Gasteiger partial charge in [0.25, 0.3) is 0 Å². The van der Waals surface area contributed by atoms with Gasteiger partial charge in [-0.15, -0.1) is 0 Å². The average Bonchev–Trinajstić information content (AvgIpc) is 2.52. The van der Waals surface area contributed by atoms with Gasteiger partial charge in [0.05, 0.1) is 0 Å². The molecule has 0 bridgehead atoms. The first-order valence-electron chi connectivity index (χ1n) is 8.84. The topological polar surface area (TPSA) is 3.24 Å². The molecule has 3 rings (SSSR count). The van der Waals surface area contributed by atoms with E-state index < -0.39 is 0 Å². The van der Waals surface area contributed by atoms with E-state index in [1.54, 1.807) is 0 Å². The monoisotopic (exact) mass is 306 g/mol. The fourth-order valence-electron chi connectivity index (χ4n) is 3.83. The first kappa shape index (κ1) is 16.3. The van der Waals surface area contributed by atoms with Crippen LogP contribution in [0.3, 0.4) is 0 Å². The largest absolute Gasteiger partial charge is 0.303 e. The Hall–Kier alpha value is -1.60. The lowest BCUT2D eigenvalue weighted by Gasteiger charge is -2.45. The summed E-state index contributed by atoms with van der Waals surface area (Å²) in [6, 6.07) is 22.7. The van der Waals surface area contributed by atoms with Crippen LogP contribution in [0.25, 0.3) is 0 Å². The van der Waals surface area contributed by atoms with E-state index in [0.717, 1.165) is 18.8 Å². The maximum atomic E-state index is 3.15. The molecule has 2 aromatic carbocycles. The molecule has 1 nitrogen and oxygen atoms in total. The van der Waals surface area contributed by atoms with Crippen LogP contribution in [-0.2, 0) is 12.8 Å². The van der Waals surface area contributed by atoms with Crippen molar-refractivity contribution >= 4 is 0 Å². The van der Waals surface area contributed by atoms with Gasteiger partial charge in [0, 0.05) is 5.54 Å². The number of nitrogens with zero attached hydrogens (tertiary/aromatic N) is 1. The van der Waals surface area contributed by atoms with Crippen LogP contribution in [0.4, 0.5) is 0 Å². The Labute approximate surface area is 141 Å². The molecule has 1 unspecified atom stereocenters. The molecule has 2 aromatic rings. The molecular weight excluding hydrogens is 278 g/mol. The van der Waals surface area contributed by atoms with Crippen molar-refractivity contribution in [3.8, 4) is 0 Å². The van der Waals surface area contributed by atoms with Crippen LogP contribution >= 0.6 is 0 Å². The molecule has 0 N–H and O–H groups in total. The highest BCUT2D eigenvalue weighted by Gasteiger charge is 2.37. The number of benzene rings is 2. The van der Waals surface area contributed by atoms with Gasteiger partial charge >= 0.3 is 0 Å². The predicted octanol–water partition coefficient (Wildman–Crippen LogP) is 4.76. The smallest absolute Gasteiger partial charge is 0.0286 e. The van der Waals surface area contributed by atoms with E-state index in [1.165, 1.54) is 36.8 Å². The summed E-state index contributed by atoms with van der Waals surface area (Å²) in [4.78, 5) is 2.48. The molecule has 1 atom stereocenters. The third-order valence-corrected chi connectivity index (χ3v) is 5.54. The summed E-state index contributed by atoms with van der Waals surface area (Å²) in [5, 5.41) is 0. The molecule has 0 amide bonds. The Bertz CT molecular complexity index is 542. The minimum Gasteiger partial charge on any atom is -0.303 e. The SMILES string of the molecule is CN(C)C(Cc1cc[c]cc1)(Cc1ccccc1)CC1CCC1. The second kappa shape index (κ2) is 7.31. The van der Waals surface area contributed by atoms with Crippen molar-refractivity contribution in [1.29, 1.82) is 0 Å². The lowest BCUT2D eigenvalue weighted by atomic mass is 9.71. The molecule has 1 saturated carbocycles. The van der Waals surface area contributed by atoms with Crippen molar-refractivity contribution in [2.24, 2.45) is 5.92 Å². The maximum Gasteiger partial charge on any atom is 0.0286 e. The van der Waals surface area contributed by atoms with E-state index in [1.807, 2.05) is 12.1 Å². The van der Waals surface area contributed by atoms with E-state index in [4.69, 9.17) is 0 Å². The quantitative estimate of drug-likeness (QED) is 0.712. The van der Waals surface area contributed by atoms with E-state index in [0.29, 0.717) is 0 Å². The molecule has 1 heteroatoms. The van der Waals surface area contributed by atoms with Gasteiger partial charge in [-0.2, -0.15) is 0 Å². The van der Waals surface area contributed by atoms with Crippen molar-refractivity contribution in [2.45, 2.75) is 44.1 Å². The van der Waals surface area contributed by atoms with Crippen molar-refractivity contribution in [1.82, 2.24) is 4.90 Å². The van der Waals surface area contributed by atoms with Gasteiger partial charge in [-0.25, -0.2) is 0 Å². The standard InChI is InChI=1S/C22H28N/c1-23(2)22(18-21-14-9-15-21,16-19-10-5-3-6-11-19)17-20-12-7-4-8-13-20/h3,5-8,10-13,21H,9,14-18H2,1-2H3. The van der Waals surface area contributed by atoms with E-state index >= 15 is 0 Å². The summed E-state index contributed by atoms with van der Waals surface area (Å²) in [6.45, 7) is 0. The summed E-state index contributed by atoms with van der Waals surface area (Å²) in [7, 11) is 4.52. The zero-order valence-electron chi connectivity index (χ0n) is 14.5. The lowest BCUT2D eigenvalue weighted by Crippen LogP contribution is -2.50. The first-order chi connectivity index (χ1) is 11.2. The van der Waals surface area contributed by atoms with Gasteiger partial charge < -0.3 is 4.90 Å². The molecule has 0 aliphatic heterocycles. The third-order valence-electron chi connectivity index (χ3n) is 5.54. The predicted molar refractivity (Wildman–Crippen MR) is 97.5 cm³/mol. The zero-order chi connectivity index (χ0) is 16.1. The zero-order valence-corrected chi connectivity index (χ0v) is 14.5. The third kappa shape index (κ3) is 4.03. The van der Waals surface area contributed by atoms with Gasteiger partial charge in [-0.3, -0.25) is 0 Å². The van der Waals surface area contributed by atoms with Crippen molar-refractivity contribution in [3.63, 3.8) is 0 Å². The molecule has 23 heavy (non-hydrogen) atoms. The average molecular weight is 306 g/mol. The second-order valence-electron chi connectivity index (χ2n) is 7.37. The molecule has 1 fully saturated rings. The van der Waals surface area contributed by atoms with E-state index in [2.05, 4.69) is 67.5 Å². The van der Waals surface area contributed by atoms with Gasteiger partial charge in [0.2, 0.25) is 0 Å². The fourth-order valence-corrected chi connectivity index (χ4v) is 3.83. The Balaban J connectivity index is 1.88. The highest BCUT2D eigenvalue weighted by atomic mass is 15.1. The Kier molecular flexibility index (Phi) is 5.17. The number of rotatable bonds is 7. The summed E-state index contributed by atoms with van der Waals surface area (Å²) < 4.78 is 0. The lowest BCUT2D eigenvalue weighted by molar-refractivity contribution is 0.0906. The van der Waals surface area contributed by atoms with Gasteiger partial charge in [-0.1, -0.05) is 73.9 Å². The van der Waals surface area contributed by atoms with Crippen LogP contribution in [0.2, 0.25) is 0 Å². The molecule has 0 heterocycles. The Morgan fingerprint density at radius 2 is 1.57 bits per heavy atom. The molecular formula is C22H28N. The number of hydrogen-bond donors (Lipinski definition) is 0. The summed E-state index contributed by atoms with van der Waals surface area (Å²) >= 11 is 0. The summed E-state index contributed by atoms with van der Waals surface area (Å²) in [6.07, 6.45) is 7.77. The van der Waals surface area contributed by atoms with Gasteiger partial charge in [0.15, 0.2) is 0 Å². The van der Waals surface area contributed by atoms with E-state index in [-0.39, 0.29) is 5.54 Å². The van der Waals surface area contributed by atoms with Crippen LogP contribution in [0, 0.1) is 12.0 Å². The molecule has 1 aliphatic rings. The fraction of sp³-hybridized carbons (Fsp3) is 0.455. The van der Waals surface area contributed by atoms with Gasteiger partial charge in [0.1, 0.15) is 0 Å². The minimum atomic E-state index is 0.202. The highest BCUT2D eigenvalue weighted by molar-refractivity contribution is 5.23. The van der Waals surface area contributed by atoms with Crippen LogP contribution < -0.4 is 0 Å².